The second kappa shape index (κ2) is 8.52. The van der Waals surface area contributed by atoms with E-state index in [1.54, 1.807) is 0 Å². The first-order valence-corrected chi connectivity index (χ1v) is 12.3. The smallest absolute Gasteiger partial charge is 0.365 e. The van der Waals surface area contributed by atoms with Crippen LogP contribution in [0.5, 0.6) is 34.8 Å². The zero-order chi connectivity index (χ0) is 28.0. The summed E-state index contributed by atoms with van der Waals surface area (Å²) < 4.78 is 12.3. The normalized spacial score (nSPS) is 14.3. The van der Waals surface area contributed by atoms with Crippen LogP contribution in [0.15, 0.2) is 42.5 Å². The molecule has 10 nitrogen and oxygen atoms in total. The van der Waals surface area contributed by atoms with E-state index < -0.39 is 29.3 Å². The van der Waals surface area contributed by atoms with Crippen molar-refractivity contribution in [2.75, 3.05) is 0 Å². The summed E-state index contributed by atoms with van der Waals surface area (Å²) in [4.78, 5) is 31.6. The Hall–Kier alpha value is -3.96. The van der Waals surface area contributed by atoms with Crippen LogP contribution in [0, 0.1) is 0 Å². The summed E-state index contributed by atoms with van der Waals surface area (Å²) in [6.45, 7) is 0. The largest absolute Gasteiger partial charge is 0.506 e. The quantitative estimate of drug-likeness (QED) is 0.208. The molecule has 0 unspecified atom stereocenters. The third-order valence-electron chi connectivity index (χ3n) is 6.29. The molecule has 0 aliphatic carbocycles. The summed E-state index contributed by atoms with van der Waals surface area (Å²) in [5, 5.41) is 39.4. The topological polar surface area (TPSA) is 148 Å². The van der Waals surface area contributed by atoms with Crippen LogP contribution >= 0.6 is 46.4 Å². The van der Waals surface area contributed by atoms with Crippen molar-refractivity contribution >= 4 is 58.3 Å². The predicted molar refractivity (Wildman–Crippen MR) is 137 cm³/mol. The highest BCUT2D eigenvalue weighted by atomic mass is 35.5. The van der Waals surface area contributed by atoms with E-state index in [9.17, 15) is 30.0 Å². The zero-order valence-corrected chi connectivity index (χ0v) is 21.9. The van der Waals surface area contributed by atoms with E-state index in [2.05, 4.69) is 0 Å². The number of aromatic nitrogens is 1. The standard InChI is InChI=1S/C25H11Cl4NO9/c26-11-4-9-16(6-14(11)31)37-17-7-15(32)12(27)5-10(17)25(9)21-20(24(36)38-25)13(28)3-8(22(21)29)23(35)39-30-18(33)1-2-19(30)34/h1-7,31-34H. The maximum Gasteiger partial charge on any atom is 0.365 e. The number of phenols is 2. The number of benzene rings is 3. The summed E-state index contributed by atoms with van der Waals surface area (Å²) in [5.74, 6) is -4.02. The molecule has 14 heteroatoms. The summed E-state index contributed by atoms with van der Waals surface area (Å²) in [5.41, 5.74) is -2.46. The van der Waals surface area contributed by atoms with Crippen molar-refractivity contribution < 1.29 is 44.3 Å². The van der Waals surface area contributed by atoms with Crippen LogP contribution in [0.2, 0.25) is 20.1 Å². The molecule has 0 saturated carbocycles. The van der Waals surface area contributed by atoms with Gasteiger partial charge < -0.3 is 34.7 Å². The van der Waals surface area contributed by atoms with E-state index in [4.69, 9.17) is 60.7 Å². The Morgan fingerprint density at radius 3 is 1.90 bits per heavy atom. The van der Waals surface area contributed by atoms with Crippen LogP contribution < -0.4 is 9.57 Å². The van der Waals surface area contributed by atoms with Crippen molar-refractivity contribution in [3.05, 3.63) is 90.4 Å². The molecule has 1 spiro atoms. The molecule has 3 heterocycles. The first kappa shape index (κ1) is 25.3. The highest BCUT2D eigenvalue weighted by Gasteiger charge is 2.57. The van der Waals surface area contributed by atoms with Gasteiger partial charge in [-0.25, -0.2) is 9.59 Å². The Balaban J connectivity index is 1.66. The van der Waals surface area contributed by atoms with E-state index in [1.807, 2.05) is 0 Å². The fraction of sp³-hybridized carbons (Fsp3) is 0.0400. The summed E-state index contributed by atoms with van der Waals surface area (Å²) in [6, 6.07) is 8.13. The van der Waals surface area contributed by atoms with E-state index >= 15 is 0 Å². The van der Waals surface area contributed by atoms with Crippen LogP contribution in [0.1, 0.15) is 37.4 Å². The van der Waals surface area contributed by atoms with Gasteiger partial charge in [0.1, 0.15) is 23.0 Å². The van der Waals surface area contributed by atoms with Gasteiger partial charge in [-0.05, 0) is 18.2 Å². The number of carbonyl (C=O) groups is 2. The second-order valence-electron chi connectivity index (χ2n) is 8.47. The van der Waals surface area contributed by atoms with Crippen LogP contribution in [-0.4, -0.2) is 37.1 Å². The number of aromatic hydroxyl groups is 4. The van der Waals surface area contributed by atoms with Crippen molar-refractivity contribution in [3.63, 3.8) is 0 Å². The fourth-order valence-corrected chi connectivity index (χ4v) is 5.59. The number of halogens is 4. The molecule has 4 N–H and O–H groups in total. The molecule has 3 aromatic carbocycles. The van der Waals surface area contributed by atoms with Gasteiger partial charge in [-0.1, -0.05) is 46.4 Å². The SMILES string of the molecule is O=C(On1c(O)ccc1O)c1cc(Cl)c2c(c1Cl)C1(OC2=O)c2cc(Cl)c(O)cc2Oc2cc(O)c(Cl)cc21. The minimum Gasteiger partial charge on any atom is -0.506 e. The number of carbonyl (C=O) groups excluding carboxylic acids is 2. The van der Waals surface area contributed by atoms with Crippen molar-refractivity contribution in [1.29, 1.82) is 0 Å². The van der Waals surface area contributed by atoms with Gasteiger partial charge in [-0.3, -0.25) is 0 Å². The lowest BCUT2D eigenvalue weighted by Crippen LogP contribution is -2.33. The molecule has 1 aromatic heterocycles. The molecule has 0 fully saturated rings. The van der Waals surface area contributed by atoms with E-state index in [-0.39, 0.29) is 70.9 Å². The number of ether oxygens (including phenoxy) is 2. The average Bonchev–Trinajstić information content (AvgIpc) is 3.36. The van der Waals surface area contributed by atoms with E-state index in [0.29, 0.717) is 4.73 Å². The molecule has 198 valence electrons. The van der Waals surface area contributed by atoms with Gasteiger partial charge in [0.2, 0.25) is 11.8 Å². The molecule has 6 rings (SSSR count). The molecular weight excluding hydrogens is 600 g/mol. The van der Waals surface area contributed by atoms with Crippen molar-refractivity contribution in [2.45, 2.75) is 5.60 Å². The second-order valence-corrected chi connectivity index (χ2v) is 10.1. The monoisotopic (exact) mass is 609 g/mol. The highest BCUT2D eigenvalue weighted by Crippen LogP contribution is 2.61. The van der Waals surface area contributed by atoms with E-state index in [0.717, 1.165) is 18.2 Å². The molecule has 4 aromatic rings. The van der Waals surface area contributed by atoms with Crippen molar-refractivity contribution in [2.24, 2.45) is 0 Å². The first-order valence-electron chi connectivity index (χ1n) is 10.8. The van der Waals surface area contributed by atoms with Gasteiger partial charge in [0.25, 0.3) is 0 Å². The van der Waals surface area contributed by atoms with Gasteiger partial charge in [-0.15, -0.1) is 4.73 Å². The lowest BCUT2D eigenvalue weighted by atomic mass is 9.77. The molecule has 0 radical (unpaired) electrons. The van der Waals surface area contributed by atoms with Gasteiger partial charge in [0.15, 0.2) is 5.60 Å². The third-order valence-corrected chi connectivity index (χ3v) is 7.58. The first-order chi connectivity index (χ1) is 18.4. The Kier molecular flexibility index (Phi) is 5.53. The lowest BCUT2D eigenvalue weighted by Gasteiger charge is -2.37. The Morgan fingerprint density at radius 1 is 0.821 bits per heavy atom. The maximum absolute atomic E-state index is 13.3. The molecule has 0 amide bonds. The third kappa shape index (κ3) is 3.49. The number of rotatable bonds is 2. The number of nitrogens with zero attached hydrogens (tertiary/aromatic N) is 1. The molecule has 0 saturated heterocycles. The zero-order valence-electron chi connectivity index (χ0n) is 18.8. The number of fused-ring (bicyclic) bond motifs is 6. The van der Waals surface area contributed by atoms with Gasteiger partial charge in [-0.2, -0.15) is 0 Å². The van der Waals surface area contributed by atoms with Crippen molar-refractivity contribution in [3.8, 4) is 34.8 Å². The molecule has 0 bridgehead atoms. The Morgan fingerprint density at radius 2 is 1.36 bits per heavy atom. The summed E-state index contributed by atoms with van der Waals surface area (Å²) in [7, 11) is 0. The molecule has 2 aliphatic rings. The highest BCUT2D eigenvalue weighted by molar-refractivity contribution is 6.39. The Labute approximate surface area is 237 Å². The average molecular weight is 611 g/mol. The van der Waals surface area contributed by atoms with Crippen LogP contribution in [-0.2, 0) is 10.3 Å². The minimum absolute atomic E-state index is 0.0193. The number of esters is 1. The predicted octanol–water partition coefficient (Wildman–Crippen LogP) is 5.76. The molecular formula is C25H11Cl4NO9. The number of hydrogen-bond acceptors (Lipinski definition) is 9. The van der Waals surface area contributed by atoms with Gasteiger partial charge in [0, 0.05) is 41.0 Å². The number of phenolic OH excluding ortho intramolecular Hbond substituents is 2. The maximum atomic E-state index is 13.3. The minimum atomic E-state index is -1.97. The summed E-state index contributed by atoms with van der Waals surface area (Å²) in [6.07, 6.45) is 0. The molecule has 2 aliphatic heterocycles. The molecule has 0 atom stereocenters. The van der Waals surface area contributed by atoms with Crippen LogP contribution in [0.4, 0.5) is 0 Å². The number of hydrogen-bond donors (Lipinski definition) is 4. The fourth-order valence-electron chi connectivity index (χ4n) is 4.62. The summed E-state index contributed by atoms with van der Waals surface area (Å²) >= 11 is 25.7. The lowest BCUT2D eigenvalue weighted by molar-refractivity contribution is 0.0224. The van der Waals surface area contributed by atoms with Gasteiger partial charge >= 0.3 is 11.9 Å². The molecule has 39 heavy (non-hydrogen) atoms. The van der Waals surface area contributed by atoms with Gasteiger partial charge in [0.05, 0.1) is 31.2 Å². The van der Waals surface area contributed by atoms with Crippen LogP contribution in [0.3, 0.4) is 0 Å². The Bertz CT molecular complexity index is 1710. The van der Waals surface area contributed by atoms with E-state index in [1.165, 1.54) is 24.3 Å². The van der Waals surface area contributed by atoms with Crippen LogP contribution in [0.25, 0.3) is 0 Å². The van der Waals surface area contributed by atoms with Crippen molar-refractivity contribution in [1.82, 2.24) is 4.73 Å².